The zero-order valence-corrected chi connectivity index (χ0v) is 9.70. The van der Waals surface area contributed by atoms with Crippen LogP contribution in [0.15, 0.2) is 30.5 Å². The number of rotatable bonds is 3. The van der Waals surface area contributed by atoms with Crippen LogP contribution in [0.2, 0.25) is 0 Å². The van der Waals surface area contributed by atoms with E-state index in [1.165, 1.54) is 0 Å². The monoisotopic (exact) mass is 217 g/mol. The van der Waals surface area contributed by atoms with Crippen molar-refractivity contribution in [3.8, 4) is 0 Å². The molecule has 0 saturated heterocycles. The molecule has 2 aromatic rings. The minimum atomic E-state index is -0.0979. The van der Waals surface area contributed by atoms with Gasteiger partial charge in [0.25, 0.3) is 0 Å². The quantitative estimate of drug-likeness (QED) is 0.747. The number of hydrogen-bond acceptors (Lipinski definition) is 1. The summed E-state index contributed by atoms with van der Waals surface area (Å²) in [7, 11) is 0. The molecule has 0 amide bonds. The van der Waals surface area contributed by atoms with E-state index in [1.807, 2.05) is 12.1 Å². The van der Waals surface area contributed by atoms with Gasteiger partial charge in [-0.25, -0.2) is 4.39 Å². The average molecular weight is 217 g/mol. The van der Waals surface area contributed by atoms with Crippen LogP contribution in [0.25, 0.3) is 10.9 Å². The Morgan fingerprint density at radius 2 is 1.94 bits per heavy atom. The third-order valence-electron chi connectivity index (χ3n) is 3.17. The van der Waals surface area contributed by atoms with E-state index in [0.29, 0.717) is 11.3 Å². The summed E-state index contributed by atoms with van der Waals surface area (Å²) in [5.74, 6) is 0.212. The fourth-order valence-electron chi connectivity index (χ4n) is 2.18. The van der Waals surface area contributed by atoms with Crippen LogP contribution in [0, 0.1) is 5.82 Å². The molecule has 2 heteroatoms. The van der Waals surface area contributed by atoms with E-state index >= 15 is 0 Å². The molecule has 1 aromatic heterocycles. The van der Waals surface area contributed by atoms with Gasteiger partial charge in [0.2, 0.25) is 0 Å². The lowest BCUT2D eigenvalue weighted by Gasteiger charge is -2.14. The van der Waals surface area contributed by atoms with Crippen LogP contribution in [-0.2, 0) is 0 Å². The van der Waals surface area contributed by atoms with E-state index in [-0.39, 0.29) is 5.82 Å². The van der Waals surface area contributed by atoms with Crippen molar-refractivity contribution in [2.75, 3.05) is 0 Å². The van der Waals surface area contributed by atoms with Crippen LogP contribution in [0.3, 0.4) is 0 Å². The number of pyridine rings is 1. The molecule has 0 N–H and O–H groups in total. The molecule has 0 fully saturated rings. The predicted octanol–water partition coefficient (Wildman–Crippen LogP) is 4.28. The van der Waals surface area contributed by atoms with Gasteiger partial charge in [0, 0.05) is 11.6 Å². The first-order valence-electron chi connectivity index (χ1n) is 5.81. The maximum Gasteiger partial charge on any atom is 0.136 e. The van der Waals surface area contributed by atoms with E-state index in [1.54, 1.807) is 18.3 Å². The molecule has 0 saturated carbocycles. The van der Waals surface area contributed by atoms with Crippen molar-refractivity contribution in [3.05, 3.63) is 41.8 Å². The molecule has 0 aliphatic heterocycles. The Kier molecular flexibility index (Phi) is 3.18. The highest BCUT2D eigenvalue weighted by molar-refractivity contribution is 5.79. The van der Waals surface area contributed by atoms with E-state index in [9.17, 15) is 4.39 Å². The summed E-state index contributed by atoms with van der Waals surface area (Å²) in [6.45, 7) is 4.20. The number of fused-ring (bicyclic) bond motifs is 1. The van der Waals surface area contributed by atoms with Crippen LogP contribution in [0.1, 0.15) is 38.2 Å². The topological polar surface area (TPSA) is 12.9 Å². The third kappa shape index (κ3) is 1.80. The van der Waals surface area contributed by atoms with E-state index in [0.717, 1.165) is 23.9 Å². The maximum atomic E-state index is 14.3. The lowest BCUT2D eigenvalue weighted by Crippen LogP contribution is -2.00. The lowest BCUT2D eigenvalue weighted by molar-refractivity contribution is 0.566. The van der Waals surface area contributed by atoms with Gasteiger partial charge < -0.3 is 0 Å². The van der Waals surface area contributed by atoms with Crippen molar-refractivity contribution >= 4 is 10.9 Å². The first-order chi connectivity index (χ1) is 7.77. The highest BCUT2D eigenvalue weighted by Gasteiger charge is 2.14. The van der Waals surface area contributed by atoms with Crippen molar-refractivity contribution in [2.24, 2.45) is 0 Å². The first kappa shape index (κ1) is 11.1. The Labute approximate surface area is 95.3 Å². The maximum absolute atomic E-state index is 14.3. The smallest absolute Gasteiger partial charge is 0.136 e. The number of hydrogen-bond donors (Lipinski definition) is 0. The third-order valence-corrected chi connectivity index (χ3v) is 3.17. The zero-order chi connectivity index (χ0) is 11.5. The minimum Gasteiger partial charge on any atom is -0.256 e. The SMILES string of the molecule is CCC(CC)c1ccc2ncccc2c1F. The second-order valence-electron chi connectivity index (χ2n) is 4.05. The Morgan fingerprint density at radius 3 is 2.62 bits per heavy atom. The molecule has 0 bridgehead atoms. The van der Waals surface area contributed by atoms with Gasteiger partial charge in [0.1, 0.15) is 5.82 Å². The van der Waals surface area contributed by atoms with Crippen LogP contribution < -0.4 is 0 Å². The van der Waals surface area contributed by atoms with Gasteiger partial charge in [-0.3, -0.25) is 4.98 Å². The molecule has 2 rings (SSSR count). The molecule has 0 aliphatic carbocycles. The van der Waals surface area contributed by atoms with Crippen molar-refractivity contribution in [3.63, 3.8) is 0 Å². The summed E-state index contributed by atoms with van der Waals surface area (Å²) in [4.78, 5) is 4.15. The Balaban J connectivity index is 2.60. The number of nitrogens with zero attached hydrogens (tertiary/aromatic N) is 1. The summed E-state index contributed by atoms with van der Waals surface area (Å²) in [5.41, 5.74) is 1.56. The van der Waals surface area contributed by atoms with Crippen molar-refractivity contribution < 1.29 is 4.39 Å². The minimum absolute atomic E-state index is 0.0979. The second kappa shape index (κ2) is 4.60. The molecule has 0 unspecified atom stereocenters. The zero-order valence-electron chi connectivity index (χ0n) is 9.70. The first-order valence-corrected chi connectivity index (χ1v) is 5.81. The standard InChI is InChI=1S/C14H16FN/c1-3-10(4-2)11-7-8-13-12(14(11)15)6-5-9-16-13/h5-10H,3-4H2,1-2H3. The van der Waals surface area contributed by atoms with Crippen LogP contribution in [0.5, 0.6) is 0 Å². The van der Waals surface area contributed by atoms with Crippen LogP contribution >= 0.6 is 0 Å². The number of benzene rings is 1. The van der Waals surface area contributed by atoms with Gasteiger partial charge in [0.15, 0.2) is 0 Å². The van der Waals surface area contributed by atoms with Gasteiger partial charge in [-0.1, -0.05) is 19.9 Å². The number of aromatic nitrogens is 1. The van der Waals surface area contributed by atoms with Gasteiger partial charge >= 0.3 is 0 Å². The molecule has 0 atom stereocenters. The molecule has 1 nitrogen and oxygen atoms in total. The summed E-state index contributed by atoms with van der Waals surface area (Å²) in [6.07, 6.45) is 3.64. The van der Waals surface area contributed by atoms with Crippen molar-refractivity contribution in [2.45, 2.75) is 32.6 Å². The Hall–Kier alpha value is -1.44. The fourth-order valence-corrected chi connectivity index (χ4v) is 2.18. The highest BCUT2D eigenvalue weighted by Crippen LogP contribution is 2.29. The Morgan fingerprint density at radius 1 is 1.19 bits per heavy atom. The van der Waals surface area contributed by atoms with Gasteiger partial charge in [0.05, 0.1) is 5.52 Å². The average Bonchev–Trinajstić information content (AvgIpc) is 2.34. The van der Waals surface area contributed by atoms with Gasteiger partial charge in [-0.15, -0.1) is 0 Å². The van der Waals surface area contributed by atoms with Crippen LogP contribution in [0.4, 0.5) is 4.39 Å². The molecular formula is C14H16FN. The van der Waals surface area contributed by atoms with E-state index in [4.69, 9.17) is 0 Å². The second-order valence-corrected chi connectivity index (χ2v) is 4.05. The molecule has 0 radical (unpaired) electrons. The van der Waals surface area contributed by atoms with E-state index in [2.05, 4.69) is 18.8 Å². The summed E-state index contributed by atoms with van der Waals surface area (Å²) in [5, 5.41) is 0.631. The van der Waals surface area contributed by atoms with Gasteiger partial charge in [-0.05, 0) is 42.5 Å². The normalized spacial score (nSPS) is 11.2. The molecule has 1 heterocycles. The summed E-state index contributed by atoms with van der Waals surface area (Å²) >= 11 is 0. The van der Waals surface area contributed by atoms with Crippen molar-refractivity contribution in [1.29, 1.82) is 0 Å². The van der Waals surface area contributed by atoms with Crippen molar-refractivity contribution in [1.82, 2.24) is 4.98 Å². The molecule has 0 aliphatic rings. The Bertz CT molecular complexity index is 489. The molecular weight excluding hydrogens is 201 g/mol. The van der Waals surface area contributed by atoms with E-state index < -0.39 is 0 Å². The van der Waals surface area contributed by atoms with Gasteiger partial charge in [-0.2, -0.15) is 0 Å². The lowest BCUT2D eigenvalue weighted by atomic mass is 9.92. The highest BCUT2D eigenvalue weighted by atomic mass is 19.1. The largest absolute Gasteiger partial charge is 0.256 e. The summed E-state index contributed by atoms with van der Waals surface area (Å²) in [6, 6.07) is 7.36. The summed E-state index contributed by atoms with van der Waals surface area (Å²) < 4.78 is 14.3. The number of halogens is 1. The fraction of sp³-hybridized carbons (Fsp3) is 0.357. The molecule has 16 heavy (non-hydrogen) atoms. The predicted molar refractivity (Wildman–Crippen MR) is 65.0 cm³/mol. The molecule has 1 aromatic carbocycles. The molecule has 0 spiro atoms. The molecule has 84 valence electrons. The van der Waals surface area contributed by atoms with Crippen LogP contribution in [-0.4, -0.2) is 4.98 Å².